The molecule has 1 fully saturated rings. The van der Waals surface area contributed by atoms with E-state index in [1.165, 1.54) is 11.8 Å². The van der Waals surface area contributed by atoms with Crippen molar-refractivity contribution in [2.45, 2.75) is 9.92 Å². The number of carbonyl (C=O) groups is 1. The number of hydrogen-bond donors (Lipinski definition) is 2. The highest BCUT2D eigenvalue weighted by Gasteiger charge is 2.19. The molecule has 134 valence electrons. The van der Waals surface area contributed by atoms with Crippen LogP contribution in [0.1, 0.15) is 10.5 Å². The summed E-state index contributed by atoms with van der Waals surface area (Å²) in [4.78, 5) is 25.8. The minimum Gasteiger partial charge on any atom is -0.480 e. The Bertz CT molecular complexity index is 743. The number of H-pyrrole nitrogens is 1. The van der Waals surface area contributed by atoms with Crippen molar-refractivity contribution in [2.75, 3.05) is 52.3 Å². The third-order valence-electron chi connectivity index (χ3n) is 3.93. The molecule has 0 spiro atoms. The number of piperazine rings is 1. The monoisotopic (exact) mass is 363 g/mol. The Kier molecular flexibility index (Phi) is 5.39. The number of rotatable bonds is 5. The summed E-state index contributed by atoms with van der Waals surface area (Å²) in [5, 5.41) is 10.0. The van der Waals surface area contributed by atoms with Gasteiger partial charge in [0.1, 0.15) is 10.7 Å². The van der Waals surface area contributed by atoms with E-state index in [0.717, 1.165) is 31.1 Å². The molecule has 2 aromatic rings. The van der Waals surface area contributed by atoms with Crippen molar-refractivity contribution < 1.29 is 9.53 Å². The average Bonchev–Trinajstić information content (AvgIpc) is 3.10. The fourth-order valence-corrected chi connectivity index (χ4v) is 3.26. The summed E-state index contributed by atoms with van der Waals surface area (Å²) in [6.07, 6.45) is 1.73. The van der Waals surface area contributed by atoms with Gasteiger partial charge in [-0.15, -0.1) is 0 Å². The Morgan fingerprint density at radius 2 is 2.12 bits per heavy atom. The minimum atomic E-state index is -0.215. The first-order valence-electron chi connectivity index (χ1n) is 7.90. The molecule has 0 aromatic carbocycles. The quantitative estimate of drug-likeness (QED) is 0.791. The number of carbonyl (C=O) groups excluding carboxylic acids is 1. The van der Waals surface area contributed by atoms with Gasteiger partial charge in [0.25, 0.3) is 5.91 Å². The third kappa shape index (κ3) is 4.02. The van der Waals surface area contributed by atoms with Gasteiger partial charge in [-0.1, -0.05) is 11.8 Å². The van der Waals surface area contributed by atoms with Crippen LogP contribution in [0.5, 0.6) is 5.88 Å². The van der Waals surface area contributed by atoms with Crippen LogP contribution in [0.15, 0.2) is 22.2 Å². The van der Waals surface area contributed by atoms with E-state index in [1.807, 2.05) is 0 Å². The van der Waals surface area contributed by atoms with Gasteiger partial charge in [0.15, 0.2) is 0 Å². The number of amides is 1. The molecular formula is C15H21N7O2S. The van der Waals surface area contributed by atoms with Crippen LogP contribution in [0, 0.1) is 0 Å². The van der Waals surface area contributed by atoms with Gasteiger partial charge in [-0.05, 0) is 7.05 Å². The van der Waals surface area contributed by atoms with Crippen LogP contribution >= 0.6 is 11.8 Å². The van der Waals surface area contributed by atoms with Gasteiger partial charge < -0.3 is 19.9 Å². The number of likely N-dealkylation sites (N-methyl/N-ethyl adjacent to an activating group) is 1. The van der Waals surface area contributed by atoms with Crippen LogP contribution in [-0.4, -0.2) is 78.4 Å². The first kappa shape index (κ1) is 17.5. The molecule has 2 N–H and O–H groups in total. The van der Waals surface area contributed by atoms with E-state index in [9.17, 15) is 4.79 Å². The Labute approximate surface area is 150 Å². The van der Waals surface area contributed by atoms with Crippen molar-refractivity contribution >= 4 is 23.6 Å². The predicted molar refractivity (Wildman–Crippen MR) is 94.4 cm³/mol. The summed E-state index contributed by atoms with van der Waals surface area (Å²) in [7, 11) is 5.26. The van der Waals surface area contributed by atoms with Crippen molar-refractivity contribution in [1.82, 2.24) is 30.4 Å². The molecule has 2 aromatic heterocycles. The lowest BCUT2D eigenvalue weighted by Crippen LogP contribution is -2.45. The zero-order valence-corrected chi connectivity index (χ0v) is 15.3. The summed E-state index contributed by atoms with van der Waals surface area (Å²) in [6.45, 7) is 3.75. The fraction of sp³-hybridized carbons (Fsp3) is 0.467. The smallest absolute Gasteiger partial charge is 0.269 e. The molecule has 0 bridgehead atoms. The molecule has 0 saturated carbocycles. The summed E-state index contributed by atoms with van der Waals surface area (Å²) in [6, 6.07) is 1.68. The molecule has 0 unspecified atom stereocenters. The van der Waals surface area contributed by atoms with Gasteiger partial charge in [-0.2, -0.15) is 10.1 Å². The van der Waals surface area contributed by atoms with Crippen LogP contribution in [-0.2, 0) is 0 Å². The van der Waals surface area contributed by atoms with Crippen molar-refractivity contribution in [3.63, 3.8) is 0 Å². The Balaban J connectivity index is 1.75. The first-order valence-corrected chi connectivity index (χ1v) is 8.72. The number of ether oxygens (including phenoxy) is 1. The standard InChI is InChI=1S/C15H21N7O2S/c1-16-13(23)10-8-12(20-19-10)25-11-9-17-15(18-14(11)24-3)22-6-4-21(2)5-7-22/h8-9H,4-7H2,1-3H3,(H,16,23)(H,19,20). The first-order chi connectivity index (χ1) is 12.1. The number of aromatic amines is 1. The van der Waals surface area contributed by atoms with E-state index in [4.69, 9.17) is 4.74 Å². The average molecular weight is 363 g/mol. The maximum absolute atomic E-state index is 11.6. The topological polar surface area (TPSA) is 99.3 Å². The highest BCUT2D eigenvalue weighted by molar-refractivity contribution is 7.99. The van der Waals surface area contributed by atoms with E-state index >= 15 is 0 Å². The molecule has 1 aliphatic rings. The number of anilines is 1. The van der Waals surface area contributed by atoms with Crippen molar-refractivity contribution in [3.05, 3.63) is 18.0 Å². The largest absolute Gasteiger partial charge is 0.480 e. The van der Waals surface area contributed by atoms with Crippen LogP contribution < -0.4 is 15.0 Å². The summed E-state index contributed by atoms with van der Waals surface area (Å²) in [5.74, 6) is 0.953. The van der Waals surface area contributed by atoms with E-state index in [1.54, 1.807) is 26.4 Å². The van der Waals surface area contributed by atoms with Gasteiger partial charge >= 0.3 is 0 Å². The zero-order chi connectivity index (χ0) is 17.8. The van der Waals surface area contributed by atoms with Crippen molar-refractivity contribution in [2.24, 2.45) is 0 Å². The second-order valence-electron chi connectivity index (χ2n) is 5.63. The second-order valence-corrected chi connectivity index (χ2v) is 6.70. The normalized spacial score (nSPS) is 15.2. The fourth-order valence-electron chi connectivity index (χ4n) is 2.44. The molecule has 3 rings (SSSR count). The molecule has 1 saturated heterocycles. The Morgan fingerprint density at radius 3 is 2.80 bits per heavy atom. The van der Waals surface area contributed by atoms with E-state index in [-0.39, 0.29) is 5.91 Å². The maximum Gasteiger partial charge on any atom is 0.269 e. The molecule has 25 heavy (non-hydrogen) atoms. The Morgan fingerprint density at radius 1 is 1.36 bits per heavy atom. The number of hydrogen-bond acceptors (Lipinski definition) is 8. The molecule has 1 amide bonds. The lowest BCUT2D eigenvalue weighted by atomic mass is 10.3. The van der Waals surface area contributed by atoms with E-state index in [0.29, 0.717) is 22.5 Å². The number of nitrogens with zero attached hydrogens (tertiary/aromatic N) is 5. The minimum absolute atomic E-state index is 0.215. The van der Waals surface area contributed by atoms with Gasteiger partial charge in [0.2, 0.25) is 11.8 Å². The van der Waals surface area contributed by atoms with Crippen LogP contribution in [0.4, 0.5) is 5.95 Å². The van der Waals surface area contributed by atoms with Crippen molar-refractivity contribution in [1.29, 1.82) is 0 Å². The Hall–Kier alpha value is -2.33. The van der Waals surface area contributed by atoms with Gasteiger partial charge in [0, 0.05) is 39.3 Å². The van der Waals surface area contributed by atoms with Gasteiger partial charge in [-0.25, -0.2) is 4.98 Å². The lowest BCUT2D eigenvalue weighted by Gasteiger charge is -2.32. The van der Waals surface area contributed by atoms with Crippen LogP contribution in [0.25, 0.3) is 0 Å². The second kappa shape index (κ2) is 7.70. The summed E-state index contributed by atoms with van der Waals surface area (Å²) >= 11 is 1.34. The number of methoxy groups -OCH3 is 1. The molecule has 0 aliphatic carbocycles. The molecule has 3 heterocycles. The molecular weight excluding hydrogens is 342 g/mol. The zero-order valence-electron chi connectivity index (χ0n) is 14.4. The summed E-state index contributed by atoms with van der Waals surface area (Å²) in [5.41, 5.74) is 0.402. The van der Waals surface area contributed by atoms with Crippen molar-refractivity contribution in [3.8, 4) is 5.88 Å². The lowest BCUT2D eigenvalue weighted by molar-refractivity contribution is 0.0958. The molecule has 1 aliphatic heterocycles. The van der Waals surface area contributed by atoms with E-state index < -0.39 is 0 Å². The third-order valence-corrected chi connectivity index (χ3v) is 4.85. The van der Waals surface area contributed by atoms with Gasteiger partial charge in [-0.3, -0.25) is 9.89 Å². The highest BCUT2D eigenvalue weighted by Crippen LogP contribution is 2.33. The summed E-state index contributed by atoms with van der Waals surface area (Å²) < 4.78 is 5.42. The van der Waals surface area contributed by atoms with Gasteiger partial charge in [0.05, 0.1) is 18.2 Å². The molecule has 0 atom stereocenters. The number of nitrogens with one attached hydrogen (secondary N) is 2. The highest BCUT2D eigenvalue weighted by atomic mass is 32.2. The van der Waals surface area contributed by atoms with Crippen LogP contribution in [0.3, 0.4) is 0 Å². The molecule has 10 heteroatoms. The van der Waals surface area contributed by atoms with E-state index in [2.05, 4.69) is 42.3 Å². The predicted octanol–water partition coefficient (Wildman–Crippen LogP) is 0.471. The molecule has 9 nitrogen and oxygen atoms in total. The molecule has 0 radical (unpaired) electrons. The maximum atomic E-state index is 11.6. The van der Waals surface area contributed by atoms with Crippen LogP contribution in [0.2, 0.25) is 0 Å². The number of aromatic nitrogens is 4. The SMILES string of the molecule is CNC(=O)c1cc(Sc2cnc(N3CCN(C)CC3)nc2OC)n[nH]1.